The van der Waals surface area contributed by atoms with Crippen LogP contribution in [0.1, 0.15) is 15.9 Å². The molecular formula is C18H17ClN3O2S-. The zero-order valence-electron chi connectivity index (χ0n) is 13.5. The summed E-state index contributed by atoms with van der Waals surface area (Å²) >= 11 is 7.54. The van der Waals surface area contributed by atoms with Crippen LogP contribution in [0.4, 0.5) is 5.82 Å². The highest BCUT2D eigenvalue weighted by Gasteiger charge is 2.10. The molecule has 0 fully saturated rings. The molecule has 0 radical (unpaired) electrons. The number of halogens is 1. The van der Waals surface area contributed by atoms with E-state index in [2.05, 4.69) is 23.1 Å². The highest BCUT2D eigenvalue weighted by atomic mass is 35.5. The summed E-state index contributed by atoms with van der Waals surface area (Å²) in [7, 11) is 0. The van der Waals surface area contributed by atoms with E-state index in [-0.39, 0.29) is 5.56 Å². The fraction of sp³-hybridized carbons (Fsp3) is 0.167. The molecule has 0 aliphatic carbocycles. The molecule has 0 amide bonds. The van der Waals surface area contributed by atoms with Crippen LogP contribution in [0.5, 0.6) is 0 Å². The average Bonchev–Trinajstić information content (AvgIpc) is 2.59. The highest BCUT2D eigenvalue weighted by molar-refractivity contribution is 7.98. The van der Waals surface area contributed by atoms with E-state index < -0.39 is 5.97 Å². The maximum Gasteiger partial charge on any atom is 0.191 e. The number of hydrogen-bond donors (Lipinski definition) is 0. The Hall–Kier alpha value is -2.31. The fourth-order valence-electron chi connectivity index (χ4n) is 2.07. The Kier molecular flexibility index (Phi) is 7.03. The molecule has 1 heterocycles. The van der Waals surface area contributed by atoms with Crippen LogP contribution in [-0.2, 0) is 5.75 Å². The summed E-state index contributed by atoms with van der Waals surface area (Å²) in [6.45, 7) is 8.73. The zero-order chi connectivity index (χ0) is 18.2. The third kappa shape index (κ3) is 5.62. The molecule has 0 N–H and O–H groups in total. The van der Waals surface area contributed by atoms with Gasteiger partial charge in [0, 0.05) is 24.9 Å². The van der Waals surface area contributed by atoms with Gasteiger partial charge in [0.15, 0.2) is 5.16 Å². The molecule has 1 aromatic heterocycles. The van der Waals surface area contributed by atoms with Gasteiger partial charge < -0.3 is 14.8 Å². The Labute approximate surface area is 156 Å². The van der Waals surface area contributed by atoms with E-state index in [0.717, 1.165) is 5.56 Å². The third-order valence-corrected chi connectivity index (χ3v) is 4.35. The van der Waals surface area contributed by atoms with Gasteiger partial charge in [-0.25, -0.2) is 9.97 Å². The minimum absolute atomic E-state index is 0.152. The lowest BCUT2D eigenvalue weighted by molar-refractivity contribution is -0.255. The number of aromatic nitrogens is 2. The number of carbonyl (C=O) groups excluding carboxylic acids is 1. The average molecular weight is 375 g/mol. The second-order valence-corrected chi connectivity index (χ2v) is 6.42. The molecule has 5 nitrogen and oxygen atoms in total. The van der Waals surface area contributed by atoms with Crippen LogP contribution >= 0.6 is 23.4 Å². The molecular weight excluding hydrogens is 358 g/mol. The molecule has 7 heteroatoms. The van der Waals surface area contributed by atoms with E-state index in [0.29, 0.717) is 35.0 Å². The first kappa shape index (κ1) is 19.0. The first-order chi connectivity index (χ1) is 12.0. The van der Waals surface area contributed by atoms with Crippen molar-refractivity contribution in [1.82, 2.24) is 9.97 Å². The number of carboxylic acids is 1. The molecule has 0 spiro atoms. The van der Waals surface area contributed by atoms with Gasteiger partial charge >= 0.3 is 0 Å². The van der Waals surface area contributed by atoms with Crippen LogP contribution in [0.15, 0.2) is 60.8 Å². The van der Waals surface area contributed by atoms with E-state index in [1.165, 1.54) is 23.9 Å². The van der Waals surface area contributed by atoms with Gasteiger partial charge in [-0.2, -0.15) is 0 Å². The predicted octanol–water partition coefficient (Wildman–Crippen LogP) is 2.96. The van der Waals surface area contributed by atoms with Crippen molar-refractivity contribution in [2.24, 2.45) is 0 Å². The molecule has 0 atom stereocenters. The summed E-state index contributed by atoms with van der Waals surface area (Å²) in [5.41, 5.74) is 1.11. The molecule has 25 heavy (non-hydrogen) atoms. The number of nitrogens with zero attached hydrogens (tertiary/aromatic N) is 3. The number of carbonyl (C=O) groups is 1. The van der Waals surface area contributed by atoms with E-state index in [4.69, 9.17) is 11.6 Å². The lowest BCUT2D eigenvalue weighted by Gasteiger charge is -2.20. The van der Waals surface area contributed by atoms with E-state index in [1.54, 1.807) is 30.4 Å². The Morgan fingerprint density at radius 3 is 2.40 bits per heavy atom. The van der Waals surface area contributed by atoms with Crippen molar-refractivity contribution in [3.8, 4) is 0 Å². The maximum absolute atomic E-state index is 10.8. The SMILES string of the molecule is C=CCN(CC=C)c1cc(Cl)nc(SCc2ccc(C(=O)[O-])cc2)n1. The molecule has 0 bridgehead atoms. The predicted molar refractivity (Wildman–Crippen MR) is 100.0 cm³/mol. The number of carboxylic acid groups (broad SMARTS) is 1. The molecule has 0 unspecified atom stereocenters. The van der Waals surface area contributed by atoms with E-state index in [1.807, 2.05) is 4.90 Å². The lowest BCUT2D eigenvalue weighted by Crippen LogP contribution is -2.24. The van der Waals surface area contributed by atoms with Gasteiger partial charge in [-0.3, -0.25) is 0 Å². The van der Waals surface area contributed by atoms with Crippen LogP contribution in [0, 0.1) is 0 Å². The smallest absolute Gasteiger partial charge is 0.191 e. The Balaban J connectivity index is 2.12. The first-order valence-electron chi connectivity index (χ1n) is 7.48. The molecule has 2 rings (SSSR count). The van der Waals surface area contributed by atoms with Crippen molar-refractivity contribution in [2.45, 2.75) is 10.9 Å². The summed E-state index contributed by atoms with van der Waals surface area (Å²) in [6.07, 6.45) is 3.57. The summed E-state index contributed by atoms with van der Waals surface area (Å²) in [5, 5.41) is 11.7. The first-order valence-corrected chi connectivity index (χ1v) is 8.84. The van der Waals surface area contributed by atoms with Crippen LogP contribution in [0.3, 0.4) is 0 Å². The standard InChI is InChI=1S/C18H18ClN3O2S/c1-3-9-22(10-4-2)16-11-15(19)20-18(21-16)25-12-13-5-7-14(8-6-13)17(23)24/h3-8,11H,1-2,9-10,12H2,(H,23,24)/p-1. The minimum Gasteiger partial charge on any atom is -0.545 e. The summed E-state index contributed by atoms with van der Waals surface area (Å²) in [4.78, 5) is 21.5. The third-order valence-electron chi connectivity index (χ3n) is 3.24. The monoisotopic (exact) mass is 374 g/mol. The van der Waals surface area contributed by atoms with Crippen molar-refractivity contribution in [2.75, 3.05) is 18.0 Å². The van der Waals surface area contributed by atoms with Gasteiger partial charge in [0.1, 0.15) is 11.0 Å². The molecule has 130 valence electrons. The highest BCUT2D eigenvalue weighted by Crippen LogP contribution is 2.24. The summed E-state index contributed by atoms with van der Waals surface area (Å²) in [5.74, 6) is 0.108. The Bertz CT molecular complexity index is 755. The summed E-state index contributed by atoms with van der Waals surface area (Å²) in [6, 6.07) is 8.22. The normalized spacial score (nSPS) is 10.3. The number of aromatic carboxylic acids is 1. The van der Waals surface area contributed by atoms with Crippen LogP contribution in [-0.4, -0.2) is 29.0 Å². The summed E-state index contributed by atoms with van der Waals surface area (Å²) < 4.78 is 0. The molecule has 2 aromatic rings. The number of anilines is 1. The minimum atomic E-state index is -1.19. The largest absolute Gasteiger partial charge is 0.545 e. The maximum atomic E-state index is 10.8. The van der Waals surface area contributed by atoms with Crippen LogP contribution in [0.25, 0.3) is 0 Å². The van der Waals surface area contributed by atoms with Gasteiger partial charge in [0.05, 0.1) is 5.97 Å². The number of benzene rings is 1. The topological polar surface area (TPSA) is 69.2 Å². The van der Waals surface area contributed by atoms with E-state index in [9.17, 15) is 9.90 Å². The molecule has 0 saturated heterocycles. The fourth-order valence-corrected chi connectivity index (χ4v) is 3.11. The van der Waals surface area contributed by atoms with Gasteiger partial charge in [-0.15, -0.1) is 13.2 Å². The van der Waals surface area contributed by atoms with Crippen molar-refractivity contribution in [3.63, 3.8) is 0 Å². The lowest BCUT2D eigenvalue weighted by atomic mass is 10.1. The Morgan fingerprint density at radius 1 is 1.20 bits per heavy atom. The van der Waals surface area contributed by atoms with Crippen molar-refractivity contribution in [1.29, 1.82) is 0 Å². The second kappa shape index (κ2) is 9.25. The Morgan fingerprint density at radius 2 is 1.84 bits per heavy atom. The zero-order valence-corrected chi connectivity index (χ0v) is 15.1. The number of thioether (sulfide) groups is 1. The van der Waals surface area contributed by atoms with E-state index >= 15 is 0 Å². The van der Waals surface area contributed by atoms with Gasteiger partial charge in [-0.05, 0) is 11.1 Å². The quantitative estimate of drug-likeness (QED) is 0.291. The molecule has 0 aliphatic rings. The second-order valence-electron chi connectivity index (χ2n) is 5.09. The molecule has 1 aromatic carbocycles. The van der Waals surface area contributed by atoms with Crippen LogP contribution < -0.4 is 10.0 Å². The van der Waals surface area contributed by atoms with Gasteiger partial charge in [0.25, 0.3) is 0 Å². The van der Waals surface area contributed by atoms with Crippen molar-refractivity contribution in [3.05, 3.63) is 71.9 Å². The van der Waals surface area contributed by atoms with Crippen LogP contribution in [0.2, 0.25) is 5.15 Å². The van der Waals surface area contributed by atoms with Crippen molar-refractivity contribution < 1.29 is 9.90 Å². The molecule has 0 saturated carbocycles. The van der Waals surface area contributed by atoms with Gasteiger partial charge in [0.2, 0.25) is 0 Å². The van der Waals surface area contributed by atoms with Gasteiger partial charge in [-0.1, -0.05) is 59.8 Å². The van der Waals surface area contributed by atoms with Crippen molar-refractivity contribution >= 4 is 35.1 Å². The molecule has 0 aliphatic heterocycles. The number of hydrogen-bond acceptors (Lipinski definition) is 6. The number of rotatable bonds is 9.